The number of hydrogen-bond donors (Lipinski definition) is 2. The second-order valence-corrected chi connectivity index (χ2v) is 7.13. The first-order valence-electron chi connectivity index (χ1n) is 8.66. The third-order valence-corrected chi connectivity index (χ3v) is 4.88. The number of rotatable bonds is 8. The molecule has 2 N–H and O–H groups in total. The number of aromatic nitrogens is 1. The zero-order valence-electron chi connectivity index (χ0n) is 15.6. The van der Waals surface area contributed by atoms with Crippen LogP contribution in [0.25, 0.3) is 0 Å². The minimum atomic E-state index is 0.650. The summed E-state index contributed by atoms with van der Waals surface area (Å²) in [6.45, 7) is 9.09. The molecule has 2 aromatic rings. The van der Waals surface area contributed by atoms with Gasteiger partial charge in [0, 0.05) is 25.1 Å². The molecule has 0 bridgehead atoms. The number of nitrogens with zero attached hydrogens (tertiary/aromatic N) is 2. The van der Waals surface area contributed by atoms with Crippen LogP contribution in [0.15, 0.2) is 29.3 Å². The molecule has 0 aliphatic rings. The van der Waals surface area contributed by atoms with Gasteiger partial charge in [-0.15, -0.1) is 11.3 Å². The van der Waals surface area contributed by atoms with E-state index in [2.05, 4.69) is 51.8 Å². The lowest BCUT2D eigenvalue weighted by molar-refractivity contribution is 0.121. The van der Waals surface area contributed by atoms with Crippen molar-refractivity contribution >= 4 is 17.3 Å². The molecule has 0 amide bonds. The topological polar surface area (TPSA) is 58.5 Å². The van der Waals surface area contributed by atoms with Gasteiger partial charge in [-0.1, -0.05) is 31.2 Å². The molecule has 0 saturated carbocycles. The maximum absolute atomic E-state index is 5.68. The molecule has 0 atom stereocenters. The fourth-order valence-electron chi connectivity index (χ4n) is 2.50. The molecule has 1 aromatic carbocycles. The molecule has 0 radical (unpaired) electrons. The quantitative estimate of drug-likeness (QED) is 0.429. The molecule has 5 nitrogen and oxygen atoms in total. The van der Waals surface area contributed by atoms with Gasteiger partial charge in [0.2, 0.25) is 0 Å². The molecule has 1 aromatic heterocycles. The number of ether oxygens (including phenoxy) is 1. The summed E-state index contributed by atoms with van der Waals surface area (Å²) < 4.78 is 5.68. The summed E-state index contributed by atoms with van der Waals surface area (Å²) in [7, 11) is 1.79. The van der Waals surface area contributed by atoms with Crippen molar-refractivity contribution in [2.24, 2.45) is 4.99 Å². The molecule has 0 aliphatic heterocycles. The minimum absolute atomic E-state index is 0.650. The largest absolute Gasteiger partial charge is 0.377 e. The van der Waals surface area contributed by atoms with E-state index in [-0.39, 0.29) is 0 Å². The highest BCUT2D eigenvalue weighted by atomic mass is 32.1. The van der Waals surface area contributed by atoms with Gasteiger partial charge >= 0.3 is 0 Å². The summed E-state index contributed by atoms with van der Waals surface area (Å²) in [5.74, 6) is 0.787. The van der Waals surface area contributed by atoms with Crippen molar-refractivity contribution < 1.29 is 4.74 Å². The molecule has 25 heavy (non-hydrogen) atoms. The minimum Gasteiger partial charge on any atom is -0.377 e. The average molecular weight is 361 g/mol. The lowest BCUT2D eigenvalue weighted by Gasteiger charge is -2.14. The predicted molar refractivity (Wildman–Crippen MR) is 105 cm³/mol. The smallest absolute Gasteiger partial charge is 0.191 e. The van der Waals surface area contributed by atoms with Crippen molar-refractivity contribution in [3.05, 3.63) is 51.0 Å². The normalized spacial score (nSPS) is 11.6. The van der Waals surface area contributed by atoms with Gasteiger partial charge in [0.15, 0.2) is 5.96 Å². The second-order valence-electron chi connectivity index (χ2n) is 5.84. The van der Waals surface area contributed by atoms with Crippen molar-refractivity contribution in [2.45, 2.75) is 46.9 Å². The van der Waals surface area contributed by atoms with Gasteiger partial charge in [0.25, 0.3) is 0 Å². The van der Waals surface area contributed by atoms with E-state index in [1.165, 1.54) is 16.0 Å². The first-order valence-corrected chi connectivity index (χ1v) is 9.47. The molecular formula is C19H28N4OS. The van der Waals surface area contributed by atoms with Gasteiger partial charge in [0.1, 0.15) is 0 Å². The molecule has 0 aliphatic carbocycles. The molecule has 0 fully saturated rings. The molecule has 6 heteroatoms. The van der Waals surface area contributed by atoms with E-state index in [1.54, 1.807) is 18.4 Å². The van der Waals surface area contributed by atoms with Crippen LogP contribution in [0.4, 0.5) is 0 Å². The Morgan fingerprint density at radius 2 is 1.88 bits per heavy atom. The highest BCUT2D eigenvalue weighted by Crippen LogP contribution is 2.16. The van der Waals surface area contributed by atoms with Gasteiger partial charge in [-0.25, -0.2) is 4.98 Å². The van der Waals surface area contributed by atoms with Crippen LogP contribution in [0, 0.1) is 13.8 Å². The zero-order chi connectivity index (χ0) is 18.1. The van der Waals surface area contributed by atoms with Crippen molar-refractivity contribution in [3.8, 4) is 0 Å². The van der Waals surface area contributed by atoms with E-state index in [0.29, 0.717) is 13.2 Å². The number of benzene rings is 1. The third kappa shape index (κ3) is 6.14. The first-order chi connectivity index (χ1) is 12.1. The summed E-state index contributed by atoms with van der Waals surface area (Å²) in [4.78, 5) is 10.0. The number of guanidine groups is 1. The number of nitrogens with one attached hydrogen (secondary N) is 2. The Kier molecular flexibility index (Phi) is 7.88. The Balaban J connectivity index is 1.89. The summed E-state index contributed by atoms with van der Waals surface area (Å²) >= 11 is 1.72. The standard InChI is InChI=1S/C19H28N4OS/c1-5-10-24-13-17-9-7-6-8-16(17)11-21-19(20-4)22-12-18-14(2)23-15(3)25-18/h6-9H,5,10-13H2,1-4H3,(H2,20,21,22). The average Bonchev–Trinajstić information content (AvgIpc) is 2.94. The summed E-state index contributed by atoms with van der Waals surface area (Å²) in [6, 6.07) is 8.35. The van der Waals surface area contributed by atoms with Crippen LogP contribution in [0.2, 0.25) is 0 Å². The molecular weight excluding hydrogens is 332 g/mol. The Morgan fingerprint density at radius 1 is 1.16 bits per heavy atom. The Bertz CT molecular complexity index is 696. The molecule has 2 rings (SSSR count). The summed E-state index contributed by atoms with van der Waals surface area (Å²) in [5, 5.41) is 7.84. The molecule has 0 saturated heterocycles. The highest BCUT2D eigenvalue weighted by molar-refractivity contribution is 7.11. The molecule has 1 heterocycles. The van der Waals surface area contributed by atoms with Crippen molar-refractivity contribution in [1.29, 1.82) is 0 Å². The summed E-state index contributed by atoms with van der Waals surface area (Å²) in [6.07, 6.45) is 1.04. The predicted octanol–water partition coefficient (Wildman–Crippen LogP) is 3.55. The fraction of sp³-hybridized carbons (Fsp3) is 0.474. The number of hydrogen-bond acceptors (Lipinski definition) is 4. The van der Waals surface area contributed by atoms with Crippen molar-refractivity contribution in [1.82, 2.24) is 15.6 Å². The fourth-order valence-corrected chi connectivity index (χ4v) is 3.38. The van der Waals surface area contributed by atoms with Crippen LogP contribution in [0.5, 0.6) is 0 Å². The Hall–Kier alpha value is -1.92. The van der Waals surface area contributed by atoms with Crippen LogP contribution in [0.3, 0.4) is 0 Å². The maximum atomic E-state index is 5.68. The van der Waals surface area contributed by atoms with E-state index in [1.807, 2.05) is 13.8 Å². The van der Waals surface area contributed by atoms with Crippen molar-refractivity contribution in [2.75, 3.05) is 13.7 Å². The zero-order valence-corrected chi connectivity index (χ0v) is 16.4. The monoisotopic (exact) mass is 360 g/mol. The van der Waals surface area contributed by atoms with Gasteiger partial charge in [-0.3, -0.25) is 4.99 Å². The van der Waals surface area contributed by atoms with Crippen LogP contribution >= 0.6 is 11.3 Å². The lowest BCUT2D eigenvalue weighted by Crippen LogP contribution is -2.36. The van der Waals surface area contributed by atoms with E-state index in [4.69, 9.17) is 4.74 Å². The van der Waals surface area contributed by atoms with E-state index < -0.39 is 0 Å². The van der Waals surface area contributed by atoms with Gasteiger partial charge in [-0.05, 0) is 31.4 Å². The van der Waals surface area contributed by atoms with E-state index in [0.717, 1.165) is 36.2 Å². The van der Waals surface area contributed by atoms with E-state index >= 15 is 0 Å². The second kappa shape index (κ2) is 10.2. The van der Waals surface area contributed by atoms with Gasteiger partial charge in [0.05, 0.1) is 23.9 Å². The van der Waals surface area contributed by atoms with Gasteiger partial charge < -0.3 is 15.4 Å². The number of aliphatic imine (C=N–C) groups is 1. The van der Waals surface area contributed by atoms with E-state index in [9.17, 15) is 0 Å². The van der Waals surface area contributed by atoms with Gasteiger partial charge in [-0.2, -0.15) is 0 Å². The van der Waals surface area contributed by atoms with Crippen LogP contribution in [-0.4, -0.2) is 24.6 Å². The van der Waals surface area contributed by atoms with Crippen LogP contribution in [-0.2, 0) is 24.4 Å². The number of thiazole rings is 1. The molecule has 0 spiro atoms. The van der Waals surface area contributed by atoms with Crippen molar-refractivity contribution in [3.63, 3.8) is 0 Å². The summed E-state index contributed by atoms with van der Waals surface area (Å²) in [5.41, 5.74) is 3.53. The Morgan fingerprint density at radius 3 is 2.52 bits per heavy atom. The SMILES string of the molecule is CCCOCc1ccccc1CNC(=NC)NCc1sc(C)nc1C. The Labute approximate surface area is 154 Å². The number of aryl methyl sites for hydroxylation is 2. The third-order valence-electron chi connectivity index (χ3n) is 3.81. The molecule has 0 unspecified atom stereocenters. The van der Waals surface area contributed by atoms with Crippen LogP contribution in [0.1, 0.15) is 40.1 Å². The molecule has 136 valence electrons. The highest BCUT2D eigenvalue weighted by Gasteiger charge is 2.07. The first kappa shape index (κ1) is 19.4. The maximum Gasteiger partial charge on any atom is 0.191 e. The van der Waals surface area contributed by atoms with Crippen LogP contribution < -0.4 is 10.6 Å². The lowest BCUT2D eigenvalue weighted by atomic mass is 10.1.